The third-order valence-electron chi connectivity index (χ3n) is 5.20. The molecule has 0 fully saturated rings. The van der Waals surface area contributed by atoms with Crippen LogP contribution in [0.2, 0.25) is 0 Å². The molecule has 0 saturated heterocycles. The molecule has 2 aromatic rings. The molecule has 0 bridgehead atoms. The lowest BCUT2D eigenvalue weighted by molar-refractivity contribution is 0.346. The predicted molar refractivity (Wildman–Crippen MR) is 133 cm³/mol. The number of hydrogen-bond donors (Lipinski definition) is 1. The topological polar surface area (TPSA) is 49.3 Å². The zero-order valence-electron chi connectivity index (χ0n) is 18.6. The number of benzene rings is 2. The van der Waals surface area contributed by atoms with Crippen LogP contribution in [0.4, 0.5) is 0 Å². The van der Waals surface area contributed by atoms with E-state index in [1.165, 1.54) is 22.3 Å². The largest absolute Gasteiger partial charge is 0.493 e. The van der Waals surface area contributed by atoms with Gasteiger partial charge in [0, 0.05) is 33.2 Å². The zero-order chi connectivity index (χ0) is 20.8. The van der Waals surface area contributed by atoms with Crippen LogP contribution in [0.25, 0.3) is 0 Å². The maximum Gasteiger partial charge on any atom is 0.194 e. The van der Waals surface area contributed by atoms with E-state index in [4.69, 9.17) is 9.47 Å². The summed E-state index contributed by atoms with van der Waals surface area (Å²) in [6.45, 7) is 3.43. The second kappa shape index (κ2) is 11.4. The van der Waals surface area contributed by atoms with Gasteiger partial charge in [-0.25, -0.2) is 0 Å². The number of halogens is 1. The van der Waals surface area contributed by atoms with E-state index in [0.717, 1.165) is 50.1 Å². The first kappa shape index (κ1) is 24.3. The van der Waals surface area contributed by atoms with Gasteiger partial charge in [0.2, 0.25) is 0 Å². The molecular formula is C23H33IN4O2. The highest BCUT2D eigenvalue weighted by atomic mass is 127. The number of fused-ring (bicyclic) bond motifs is 1. The van der Waals surface area contributed by atoms with Crippen molar-refractivity contribution in [3.8, 4) is 11.5 Å². The molecule has 7 heteroatoms. The van der Waals surface area contributed by atoms with Crippen molar-refractivity contribution < 1.29 is 9.47 Å². The van der Waals surface area contributed by atoms with Crippen LogP contribution in [0, 0.1) is 0 Å². The number of methoxy groups -OCH3 is 2. The van der Waals surface area contributed by atoms with E-state index >= 15 is 0 Å². The van der Waals surface area contributed by atoms with Crippen LogP contribution in [0.1, 0.15) is 22.3 Å². The normalized spacial score (nSPS) is 13.5. The molecule has 3 rings (SSSR count). The number of aliphatic imine (C=N–C) groups is 1. The van der Waals surface area contributed by atoms with Crippen LogP contribution in [0.5, 0.6) is 11.5 Å². The summed E-state index contributed by atoms with van der Waals surface area (Å²) in [4.78, 5) is 8.96. The van der Waals surface area contributed by atoms with Crippen molar-refractivity contribution in [2.75, 3.05) is 41.9 Å². The van der Waals surface area contributed by atoms with Gasteiger partial charge in [0.1, 0.15) is 0 Å². The van der Waals surface area contributed by atoms with Crippen LogP contribution in [-0.4, -0.2) is 57.7 Å². The second-order valence-corrected chi connectivity index (χ2v) is 7.60. The molecule has 2 aromatic carbocycles. The van der Waals surface area contributed by atoms with Gasteiger partial charge in [-0.05, 0) is 54.9 Å². The molecule has 164 valence electrons. The number of nitrogens with zero attached hydrogens (tertiary/aromatic N) is 3. The maximum absolute atomic E-state index is 5.47. The molecule has 0 saturated carbocycles. The predicted octanol–water partition coefficient (Wildman–Crippen LogP) is 3.52. The zero-order valence-corrected chi connectivity index (χ0v) is 20.9. The van der Waals surface area contributed by atoms with Crippen LogP contribution in [0.3, 0.4) is 0 Å². The maximum atomic E-state index is 5.47. The van der Waals surface area contributed by atoms with E-state index in [1.807, 2.05) is 7.05 Å². The summed E-state index contributed by atoms with van der Waals surface area (Å²) in [6, 6.07) is 12.9. The fraction of sp³-hybridized carbons (Fsp3) is 0.435. The number of nitrogens with one attached hydrogen (secondary N) is 1. The Labute approximate surface area is 197 Å². The van der Waals surface area contributed by atoms with Crippen LogP contribution in [0.15, 0.2) is 41.4 Å². The Morgan fingerprint density at radius 1 is 1.03 bits per heavy atom. The number of hydrogen-bond acceptors (Lipinski definition) is 4. The van der Waals surface area contributed by atoms with Crippen LogP contribution >= 0.6 is 24.0 Å². The lowest BCUT2D eigenvalue weighted by Gasteiger charge is -2.32. The molecule has 1 aliphatic heterocycles. The number of ether oxygens (including phenoxy) is 2. The van der Waals surface area contributed by atoms with Crippen molar-refractivity contribution in [2.24, 2.45) is 4.99 Å². The Bertz CT molecular complexity index is 853. The minimum atomic E-state index is 0. The van der Waals surface area contributed by atoms with Gasteiger partial charge in [-0.2, -0.15) is 0 Å². The smallest absolute Gasteiger partial charge is 0.194 e. The van der Waals surface area contributed by atoms with Gasteiger partial charge in [0.25, 0.3) is 0 Å². The van der Waals surface area contributed by atoms with Gasteiger partial charge in [0.15, 0.2) is 17.5 Å². The molecule has 0 amide bonds. The fourth-order valence-electron chi connectivity index (χ4n) is 3.71. The summed E-state index contributed by atoms with van der Waals surface area (Å²) in [5, 5.41) is 3.51. The lowest BCUT2D eigenvalue weighted by atomic mass is 9.99. The molecular weight excluding hydrogens is 491 g/mol. The van der Waals surface area contributed by atoms with E-state index in [-0.39, 0.29) is 24.0 Å². The summed E-state index contributed by atoms with van der Waals surface area (Å²) in [6.07, 6.45) is 0.954. The number of guanidine groups is 1. The fourth-order valence-corrected chi connectivity index (χ4v) is 3.71. The van der Waals surface area contributed by atoms with Gasteiger partial charge in [-0.1, -0.05) is 24.3 Å². The van der Waals surface area contributed by atoms with E-state index in [9.17, 15) is 0 Å². The molecule has 1 N–H and O–H groups in total. The van der Waals surface area contributed by atoms with E-state index in [1.54, 1.807) is 14.2 Å². The summed E-state index contributed by atoms with van der Waals surface area (Å²) in [7, 11) is 9.36. The van der Waals surface area contributed by atoms with Crippen LogP contribution in [-0.2, 0) is 26.1 Å². The minimum absolute atomic E-state index is 0. The molecule has 1 heterocycles. The monoisotopic (exact) mass is 524 g/mol. The molecule has 30 heavy (non-hydrogen) atoms. The summed E-state index contributed by atoms with van der Waals surface area (Å²) < 4.78 is 10.9. The van der Waals surface area contributed by atoms with Crippen molar-refractivity contribution in [1.29, 1.82) is 0 Å². The van der Waals surface area contributed by atoms with Crippen molar-refractivity contribution >= 4 is 29.9 Å². The standard InChI is InChI=1S/C23H32N4O2.HI/c1-24-23(25-14-17-6-8-18(9-7-17)15-26(2)3)27-11-10-19-12-21(28-4)22(29-5)13-20(19)16-27;/h6-9,12-13H,10-11,14-16H2,1-5H3,(H,24,25);1H. The average Bonchev–Trinajstić information content (AvgIpc) is 2.73. The highest BCUT2D eigenvalue weighted by molar-refractivity contribution is 14.0. The first-order valence-electron chi connectivity index (χ1n) is 9.96. The minimum Gasteiger partial charge on any atom is -0.493 e. The highest BCUT2D eigenvalue weighted by Gasteiger charge is 2.21. The Kier molecular flexibility index (Phi) is 9.23. The van der Waals surface area contributed by atoms with Gasteiger partial charge in [-0.15, -0.1) is 24.0 Å². The molecule has 6 nitrogen and oxygen atoms in total. The Balaban J connectivity index is 0.00000320. The third kappa shape index (κ3) is 6.01. The van der Waals surface area contributed by atoms with Crippen molar-refractivity contribution in [3.63, 3.8) is 0 Å². The summed E-state index contributed by atoms with van der Waals surface area (Å²) in [5.74, 6) is 2.48. The van der Waals surface area contributed by atoms with Crippen molar-refractivity contribution in [1.82, 2.24) is 15.1 Å². The highest BCUT2D eigenvalue weighted by Crippen LogP contribution is 2.33. The molecule has 0 radical (unpaired) electrons. The Morgan fingerprint density at radius 3 is 2.20 bits per heavy atom. The quantitative estimate of drug-likeness (QED) is 0.356. The molecule has 0 aliphatic carbocycles. The number of rotatable bonds is 6. The van der Waals surface area contributed by atoms with Gasteiger partial charge >= 0.3 is 0 Å². The van der Waals surface area contributed by atoms with Crippen molar-refractivity contribution in [3.05, 3.63) is 58.7 Å². The molecule has 0 aromatic heterocycles. The van der Waals surface area contributed by atoms with Crippen molar-refractivity contribution in [2.45, 2.75) is 26.1 Å². The third-order valence-corrected chi connectivity index (χ3v) is 5.20. The second-order valence-electron chi connectivity index (χ2n) is 7.60. The van der Waals surface area contributed by atoms with E-state index in [2.05, 4.69) is 70.6 Å². The lowest BCUT2D eigenvalue weighted by Crippen LogP contribution is -2.43. The van der Waals surface area contributed by atoms with Gasteiger partial charge < -0.3 is 24.6 Å². The van der Waals surface area contributed by atoms with E-state index < -0.39 is 0 Å². The van der Waals surface area contributed by atoms with Gasteiger partial charge in [0.05, 0.1) is 14.2 Å². The Hall–Kier alpha value is -2.00. The summed E-state index contributed by atoms with van der Waals surface area (Å²) in [5.41, 5.74) is 5.13. The summed E-state index contributed by atoms with van der Waals surface area (Å²) >= 11 is 0. The molecule has 1 aliphatic rings. The van der Waals surface area contributed by atoms with Crippen LogP contribution < -0.4 is 14.8 Å². The van der Waals surface area contributed by atoms with E-state index in [0.29, 0.717) is 0 Å². The first-order valence-corrected chi connectivity index (χ1v) is 9.96. The molecule has 0 atom stereocenters. The SMILES string of the molecule is CN=C(NCc1ccc(CN(C)C)cc1)N1CCc2cc(OC)c(OC)cc2C1.I. The first-order chi connectivity index (χ1) is 14.0. The molecule has 0 unspecified atom stereocenters. The molecule has 0 spiro atoms. The Morgan fingerprint density at radius 2 is 1.63 bits per heavy atom. The average molecular weight is 524 g/mol. The van der Waals surface area contributed by atoms with Gasteiger partial charge in [-0.3, -0.25) is 4.99 Å².